The van der Waals surface area contributed by atoms with Crippen LogP contribution in [0.4, 0.5) is 5.82 Å². The van der Waals surface area contributed by atoms with E-state index in [1.54, 1.807) is 0 Å². The maximum absolute atomic E-state index is 4.64. The molecule has 2 heteroatoms. The van der Waals surface area contributed by atoms with Crippen molar-refractivity contribution >= 4 is 16.7 Å². The molecule has 0 saturated carbocycles. The number of pyridine rings is 1. The number of para-hydroxylation sites is 1. The largest absolute Gasteiger partial charge is 0.368 e. The van der Waals surface area contributed by atoms with Gasteiger partial charge in [0.1, 0.15) is 5.82 Å². The summed E-state index contributed by atoms with van der Waals surface area (Å²) in [6, 6.07) is 12.9. The van der Waals surface area contributed by atoms with Crippen LogP contribution < -0.4 is 5.32 Å². The second kappa shape index (κ2) is 5.85. The summed E-state index contributed by atoms with van der Waals surface area (Å²) in [5.41, 5.74) is 1.05. The standard InChI is InChI=1S/C16H22N2/c1-4-12(2)11-13(3)17-16-10-9-14-7-5-6-8-15(14)18-16/h5-10,12-13H,4,11H2,1-3H3,(H,17,18). The molecule has 1 heterocycles. The van der Waals surface area contributed by atoms with Gasteiger partial charge in [-0.2, -0.15) is 0 Å². The van der Waals surface area contributed by atoms with Crippen molar-refractivity contribution in [3.05, 3.63) is 36.4 Å². The Morgan fingerprint density at radius 3 is 2.67 bits per heavy atom. The summed E-state index contributed by atoms with van der Waals surface area (Å²) >= 11 is 0. The second-order valence-electron chi connectivity index (χ2n) is 5.18. The Balaban J connectivity index is 2.07. The first-order valence-corrected chi connectivity index (χ1v) is 6.81. The van der Waals surface area contributed by atoms with E-state index >= 15 is 0 Å². The number of nitrogens with zero attached hydrogens (tertiary/aromatic N) is 1. The number of anilines is 1. The highest BCUT2D eigenvalue weighted by Crippen LogP contribution is 2.17. The van der Waals surface area contributed by atoms with E-state index in [-0.39, 0.29) is 0 Å². The fourth-order valence-electron chi connectivity index (χ4n) is 2.23. The van der Waals surface area contributed by atoms with Gasteiger partial charge in [0, 0.05) is 11.4 Å². The SMILES string of the molecule is CCC(C)CC(C)Nc1ccc2ccccc2n1. The summed E-state index contributed by atoms with van der Waals surface area (Å²) in [6.45, 7) is 6.76. The molecule has 0 aliphatic carbocycles. The predicted molar refractivity (Wildman–Crippen MR) is 78.9 cm³/mol. The number of benzene rings is 1. The Bertz CT molecular complexity index is 507. The highest BCUT2D eigenvalue weighted by Gasteiger charge is 2.07. The van der Waals surface area contributed by atoms with Crippen LogP contribution in [0, 0.1) is 5.92 Å². The van der Waals surface area contributed by atoms with E-state index in [9.17, 15) is 0 Å². The quantitative estimate of drug-likeness (QED) is 0.836. The van der Waals surface area contributed by atoms with E-state index in [4.69, 9.17) is 0 Å². The Morgan fingerprint density at radius 1 is 1.11 bits per heavy atom. The number of aromatic nitrogens is 1. The van der Waals surface area contributed by atoms with Crippen LogP contribution in [0.5, 0.6) is 0 Å². The third-order valence-corrected chi connectivity index (χ3v) is 3.45. The fourth-order valence-corrected chi connectivity index (χ4v) is 2.23. The van der Waals surface area contributed by atoms with E-state index in [2.05, 4.69) is 55.3 Å². The Morgan fingerprint density at radius 2 is 1.89 bits per heavy atom. The van der Waals surface area contributed by atoms with E-state index in [1.165, 1.54) is 18.2 Å². The fraction of sp³-hybridized carbons (Fsp3) is 0.438. The van der Waals surface area contributed by atoms with Crippen molar-refractivity contribution in [2.45, 2.75) is 39.7 Å². The van der Waals surface area contributed by atoms with Crippen molar-refractivity contribution in [3.8, 4) is 0 Å². The van der Waals surface area contributed by atoms with Crippen LogP contribution in [0.2, 0.25) is 0 Å². The number of hydrogen-bond acceptors (Lipinski definition) is 2. The smallest absolute Gasteiger partial charge is 0.126 e. The topological polar surface area (TPSA) is 24.9 Å². The first kappa shape index (κ1) is 12.9. The third kappa shape index (κ3) is 3.22. The first-order valence-electron chi connectivity index (χ1n) is 6.81. The molecule has 1 aromatic carbocycles. The van der Waals surface area contributed by atoms with Crippen LogP contribution in [-0.4, -0.2) is 11.0 Å². The van der Waals surface area contributed by atoms with Crippen molar-refractivity contribution in [1.29, 1.82) is 0 Å². The van der Waals surface area contributed by atoms with Gasteiger partial charge in [0.25, 0.3) is 0 Å². The molecular formula is C16H22N2. The maximum Gasteiger partial charge on any atom is 0.126 e. The normalized spacial score (nSPS) is 14.4. The molecule has 96 valence electrons. The van der Waals surface area contributed by atoms with Crippen LogP contribution >= 0.6 is 0 Å². The molecule has 0 bridgehead atoms. The van der Waals surface area contributed by atoms with Gasteiger partial charge in [0.15, 0.2) is 0 Å². The van der Waals surface area contributed by atoms with Crippen molar-refractivity contribution in [2.75, 3.05) is 5.32 Å². The van der Waals surface area contributed by atoms with Gasteiger partial charge in [0.05, 0.1) is 5.52 Å². The summed E-state index contributed by atoms with van der Waals surface area (Å²) in [5, 5.41) is 4.68. The average Bonchev–Trinajstić information content (AvgIpc) is 2.38. The molecular weight excluding hydrogens is 220 g/mol. The zero-order valence-corrected chi connectivity index (χ0v) is 11.5. The van der Waals surface area contributed by atoms with Crippen LogP contribution in [-0.2, 0) is 0 Å². The first-order chi connectivity index (χ1) is 8.69. The van der Waals surface area contributed by atoms with Gasteiger partial charge >= 0.3 is 0 Å². The lowest BCUT2D eigenvalue weighted by Gasteiger charge is -2.18. The van der Waals surface area contributed by atoms with E-state index in [1.807, 2.05) is 12.1 Å². The lowest BCUT2D eigenvalue weighted by molar-refractivity contribution is 0.483. The van der Waals surface area contributed by atoms with E-state index in [0.29, 0.717) is 6.04 Å². The zero-order chi connectivity index (χ0) is 13.0. The molecule has 2 atom stereocenters. The van der Waals surface area contributed by atoms with Gasteiger partial charge in [-0.25, -0.2) is 4.98 Å². The Kier molecular flexibility index (Phi) is 4.19. The molecule has 2 rings (SSSR count). The molecule has 0 fully saturated rings. The molecule has 2 aromatic rings. The minimum Gasteiger partial charge on any atom is -0.368 e. The summed E-state index contributed by atoms with van der Waals surface area (Å²) in [7, 11) is 0. The number of nitrogens with one attached hydrogen (secondary N) is 1. The molecule has 2 unspecified atom stereocenters. The summed E-state index contributed by atoms with van der Waals surface area (Å²) in [4.78, 5) is 4.64. The highest BCUT2D eigenvalue weighted by molar-refractivity contribution is 5.80. The van der Waals surface area contributed by atoms with Crippen molar-refractivity contribution in [3.63, 3.8) is 0 Å². The van der Waals surface area contributed by atoms with Crippen LogP contribution in [0.15, 0.2) is 36.4 Å². The minimum atomic E-state index is 0.466. The van der Waals surface area contributed by atoms with Gasteiger partial charge in [-0.1, -0.05) is 38.5 Å². The van der Waals surface area contributed by atoms with Gasteiger partial charge in [-0.3, -0.25) is 0 Å². The molecule has 18 heavy (non-hydrogen) atoms. The molecule has 0 amide bonds. The zero-order valence-electron chi connectivity index (χ0n) is 11.5. The van der Waals surface area contributed by atoms with Crippen LogP contribution in [0.3, 0.4) is 0 Å². The molecule has 0 spiro atoms. The van der Waals surface area contributed by atoms with Gasteiger partial charge < -0.3 is 5.32 Å². The molecule has 0 saturated heterocycles. The highest BCUT2D eigenvalue weighted by atomic mass is 15.0. The molecule has 1 aromatic heterocycles. The second-order valence-corrected chi connectivity index (χ2v) is 5.18. The van der Waals surface area contributed by atoms with Gasteiger partial charge in [0.2, 0.25) is 0 Å². The average molecular weight is 242 g/mol. The van der Waals surface area contributed by atoms with Gasteiger partial charge in [-0.15, -0.1) is 0 Å². The minimum absolute atomic E-state index is 0.466. The number of fused-ring (bicyclic) bond motifs is 1. The molecule has 2 nitrogen and oxygen atoms in total. The van der Waals surface area contributed by atoms with Crippen molar-refractivity contribution in [1.82, 2.24) is 4.98 Å². The maximum atomic E-state index is 4.64. The Hall–Kier alpha value is -1.57. The lowest BCUT2D eigenvalue weighted by atomic mass is 10.0. The van der Waals surface area contributed by atoms with Gasteiger partial charge in [-0.05, 0) is 37.5 Å². The van der Waals surface area contributed by atoms with Crippen molar-refractivity contribution < 1.29 is 0 Å². The summed E-state index contributed by atoms with van der Waals surface area (Å²) < 4.78 is 0. The monoisotopic (exact) mass is 242 g/mol. The summed E-state index contributed by atoms with van der Waals surface area (Å²) in [6.07, 6.45) is 2.42. The van der Waals surface area contributed by atoms with Crippen LogP contribution in [0.25, 0.3) is 10.9 Å². The van der Waals surface area contributed by atoms with Crippen molar-refractivity contribution in [2.24, 2.45) is 5.92 Å². The Labute approximate surface area is 109 Å². The molecule has 0 radical (unpaired) electrons. The summed E-state index contributed by atoms with van der Waals surface area (Å²) in [5.74, 6) is 1.73. The van der Waals surface area contributed by atoms with E-state index in [0.717, 1.165) is 17.3 Å². The predicted octanol–water partition coefficient (Wildman–Crippen LogP) is 4.47. The van der Waals surface area contributed by atoms with Crippen LogP contribution in [0.1, 0.15) is 33.6 Å². The van der Waals surface area contributed by atoms with E-state index < -0.39 is 0 Å². The lowest BCUT2D eigenvalue weighted by Crippen LogP contribution is -2.18. The third-order valence-electron chi connectivity index (χ3n) is 3.45. The number of hydrogen-bond donors (Lipinski definition) is 1. The molecule has 0 aliphatic rings. The molecule has 0 aliphatic heterocycles. The molecule has 1 N–H and O–H groups in total. The number of rotatable bonds is 5.